The molecule has 0 aromatic heterocycles. The van der Waals surface area contributed by atoms with E-state index in [1.807, 2.05) is 6.92 Å². The topological polar surface area (TPSA) is 21.7 Å². The van der Waals surface area contributed by atoms with Crippen molar-refractivity contribution in [1.29, 1.82) is 0 Å². The van der Waals surface area contributed by atoms with E-state index in [1.165, 1.54) is 24.1 Å². The zero-order valence-corrected chi connectivity index (χ0v) is 12.2. The Balaban J connectivity index is 1.77. The Morgan fingerprint density at radius 1 is 1.26 bits per heavy atom. The normalized spacial score (nSPS) is 16.5. The number of rotatable bonds is 6. The van der Waals surface area contributed by atoms with Crippen molar-refractivity contribution in [2.75, 3.05) is 39.5 Å². The van der Waals surface area contributed by atoms with Gasteiger partial charge in [-0.1, -0.05) is 12.1 Å². The number of nitrogens with zero attached hydrogens (tertiary/aromatic N) is 1. The average Bonchev–Trinajstić information content (AvgIpc) is 2.43. The van der Waals surface area contributed by atoms with E-state index >= 15 is 0 Å². The van der Waals surface area contributed by atoms with Crippen LogP contribution in [0.1, 0.15) is 24.5 Å². The van der Waals surface area contributed by atoms with Crippen LogP contribution in [0.25, 0.3) is 0 Å². The number of morpholine rings is 1. The summed E-state index contributed by atoms with van der Waals surface area (Å²) in [6.07, 6.45) is 2.36. The highest BCUT2D eigenvalue weighted by molar-refractivity contribution is 5.36. The van der Waals surface area contributed by atoms with Gasteiger partial charge in [0.1, 0.15) is 5.75 Å². The first kappa shape index (κ1) is 14.4. The molecule has 1 aliphatic rings. The fourth-order valence-corrected chi connectivity index (χ4v) is 2.52. The van der Waals surface area contributed by atoms with Crippen LogP contribution in [0.3, 0.4) is 0 Å². The highest BCUT2D eigenvalue weighted by Gasteiger charge is 2.09. The first-order chi connectivity index (χ1) is 9.29. The maximum Gasteiger partial charge on any atom is 0.122 e. The van der Waals surface area contributed by atoms with E-state index in [9.17, 15) is 0 Å². The molecule has 3 nitrogen and oxygen atoms in total. The maximum absolute atomic E-state index is 5.57. The fraction of sp³-hybridized carbons (Fsp3) is 0.625. The number of benzene rings is 1. The lowest BCUT2D eigenvalue weighted by atomic mass is 10.1. The monoisotopic (exact) mass is 263 g/mol. The number of hydrogen-bond donors (Lipinski definition) is 0. The van der Waals surface area contributed by atoms with E-state index in [1.54, 1.807) is 0 Å². The molecule has 1 heterocycles. The van der Waals surface area contributed by atoms with Gasteiger partial charge in [-0.05, 0) is 50.4 Å². The van der Waals surface area contributed by atoms with Crippen LogP contribution >= 0.6 is 0 Å². The molecule has 0 amide bonds. The Morgan fingerprint density at radius 2 is 2.05 bits per heavy atom. The summed E-state index contributed by atoms with van der Waals surface area (Å²) >= 11 is 0. The molecule has 1 fully saturated rings. The van der Waals surface area contributed by atoms with Crippen LogP contribution in [0.5, 0.6) is 5.75 Å². The highest BCUT2D eigenvalue weighted by atomic mass is 16.5. The number of ether oxygens (including phenoxy) is 2. The molecule has 0 radical (unpaired) electrons. The molecule has 0 atom stereocenters. The Labute approximate surface area is 116 Å². The van der Waals surface area contributed by atoms with E-state index in [2.05, 4.69) is 30.0 Å². The molecule has 1 aromatic rings. The quantitative estimate of drug-likeness (QED) is 0.787. The van der Waals surface area contributed by atoms with Gasteiger partial charge in [-0.25, -0.2) is 0 Å². The van der Waals surface area contributed by atoms with Crippen LogP contribution < -0.4 is 4.74 Å². The Kier molecular flexibility index (Phi) is 5.67. The van der Waals surface area contributed by atoms with Gasteiger partial charge in [0.2, 0.25) is 0 Å². The van der Waals surface area contributed by atoms with Crippen LogP contribution in [-0.2, 0) is 11.2 Å². The number of aryl methyl sites for hydroxylation is 2. The van der Waals surface area contributed by atoms with E-state index in [4.69, 9.17) is 9.47 Å². The third-order valence-electron chi connectivity index (χ3n) is 3.58. The summed E-state index contributed by atoms with van der Waals surface area (Å²) in [7, 11) is 0. The van der Waals surface area contributed by atoms with Crippen molar-refractivity contribution in [3.63, 3.8) is 0 Å². The minimum atomic E-state index is 0.733. The second-order valence-corrected chi connectivity index (χ2v) is 5.09. The number of hydrogen-bond acceptors (Lipinski definition) is 3. The lowest BCUT2D eigenvalue weighted by molar-refractivity contribution is 0.0374. The summed E-state index contributed by atoms with van der Waals surface area (Å²) in [5.41, 5.74) is 2.65. The molecule has 3 heteroatoms. The first-order valence-electron chi connectivity index (χ1n) is 7.32. The van der Waals surface area contributed by atoms with Crippen molar-refractivity contribution < 1.29 is 9.47 Å². The molecule has 2 rings (SSSR count). The SMILES string of the molecule is CCOc1ccc(CCCN2CCOCC2)cc1C. The summed E-state index contributed by atoms with van der Waals surface area (Å²) in [5, 5.41) is 0. The predicted molar refractivity (Wildman–Crippen MR) is 77.9 cm³/mol. The Bertz CT molecular complexity index is 386. The third kappa shape index (κ3) is 4.51. The lowest BCUT2D eigenvalue weighted by Crippen LogP contribution is -2.36. The summed E-state index contributed by atoms with van der Waals surface area (Å²) in [5.74, 6) is 1.01. The second kappa shape index (κ2) is 7.51. The molecule has 0 unspecified atom stereocenters. The smallest absolute Gasteiger partial charge is 0.122 e. The molecule has 0 bridgehead atoms. The average molecular weight is 263 g/mol. The Morgan fingerprint density at radius 3 is 2.74 bits per heavy atom. The van der Waals surface area contributed by atoms with E-state index in [0.717, 1.165) is 45.1 Å². The van der Waals surface area contributed by atoms with Crippen LogP contribution in [0.15, 0.2) is 18.2 Å². The fourth-order valence-electron chi connectivity index (χ4n) is 2.52. The van der Waals surface area contributed by atoms with Crippen molar-refractivity contribution in [3.05, 3.63) is 29.3 Å². The minimum absolute atomic E-state index is 0.733. The molecular weight excluding hydrogens is 238 g/mol. The van der Waals surface area contributed by atoms with Crippen molar-refractivity contribution in [3.8, 4) is 5.75 Å². The van der Waals surface area contributed by atoms with Crippen LogP contribution in [-0.4, -0.2) is 44.4 Å². The van der Waals surface area contributed by atoms with Crippen LogP contribution in [0, 0.1) is 6.92 Å². The van der Waals surface area contributed by atoms with Gasteiger partial charge >= 0.3 is 0 Å². The molecule has 1 aliphatic heterocycles. The van der Waals surface area contributed by atoms with Gasteiger partial charge in [0.05, 0.1) is 19.8 Å². The van der Waals surface area contributed by atoms with Gasteiger partial charge in [0, 0.05) is 13.1 Å². The van der Waals surface area contributed by atoms with E-state index < -0.39 is 0 Å². The summed E-state index contributed by atoms with van der Waals surface area (Å²) in [4.78, 5) is 2.49. The maximum atomic E-state index is 5.57. The van der Waals surface area contributed by atoms with Crippen LogP contribution in [0.2, 0.25) is 0 Å². The van der Waals surface area contributed by atoms with Crippen molar-refractivity contribution in [1.82, 2.24) is 4.90 Å². The van der Waals surface area contributed by atoms with Crippen molar-refractivity contribution in [2.24, 2.45) is 0 Å². The molecule has 19 heavy (non-hydrogen) atoms. The zero-order valence-electron chi connectivity index (χ0n) is 12.2. The van der Waals surface area contributed by atoms with E-state index in [0.29, 0.717) is 0 Å². The third-order valence-corrected chi connectivity index (χ3v) is 3.58. The second-order valence-electron chi connectivity index (χ2n) is 5.09. The molecule has 0 saturated carbocycles. The molecule has 0 spiro atoms. The molecule has 0 N–H and O–H groups in total. The molecule has 1 aromatic carbocycles. The summed E-state index contributed by atoms with van der Waals surface area (Å²) in [6, 6.07) is 6.55. The lowest BCUT2D eigenvalue weighted by Gasteiger charge is -2.26. The van der Waals surface area contributed by atoms with Gasteiger partial charge in [-0.15, -0.1) is 0 Å². The van der Waals surface area contributed by atoms with Gasteiger partial charge in [0.25, 0.3) is 0 Å². The standard InChI is InChI=1S/C16H25NO2/c1-3-19-16-7-6-15(13-14(16)2)5-4-8-17-9-11-18-12-10-17/h6-7,13H,3-5,8-12H2,1-2H3. The summed E-state index contributed by atoms with van der Waals surface area (Å²) < 4.78 is 10.9. The predicted octanol–water partition coefficient (Wildman–Crippen LogP) is 2.66. The highest BCUT2D eigenvalue weighted by Crippen LogP contribution is 2.20. The molecule has 1 saturated heterocycles. The zero-order chi connectivity index (χ0) is 13.5. The minimum Gasteiger partial charge on any atom is -0.494 e. The van der Waals surface area contributed by atoms with Crippen LogP contribution in [0.4, 0.5) is 0 Å². The molecule has 0 aliphatic carbocycles. The van der Waals surface area contributed by atoms with Crippen molar-refractivity contribution in [2.45, 2.75) is 26.7 Å². The van der Waals surface area contributed by atoms with Gasteiger partial charge in [0.15, 0.2) is 0 Å². The van der Waals surface area contributed by atoms with Gasteiger partial charge < -0.3 is 9.47 Å². The first-order valence-corrected chi connectivity index (χ1v) is 7.32. The van der Waals surface area contributed by atoms with E-state index in [-0.39, 0.29) is 0 Å². The van der Waals surface area contributed by atoms with Gasteiger partial charge in [-0.3, -0.25) is 4.90 Å². The molecule has 106 valence electrons. The van der Waals surface area contributed by atoms with Crippen molar-refractivity contribution >= 4 is 0 Å². The largest absolute Gasteiger partial charge is 0.494 e. The molecular formula is C16H25NO2. The Hall–Kier alpha value is -1.06. The summed E-state index contributed by atoms with van der Waals surface area (Å²) in [6.45, 7) is 10.0. The van der Waals surface area contributed by atoms with Gasteiger partial charge in [-0.2, -0.15) is 0 Å².